The van der Waals surface area contributed by atoms with Crippen LogP contribution in [0.5, 0.6) is 5.75 Å². The van der Waals surface area contributed by atoms with Crippen LogP contribution in [0.15, 0.2) is 65.8 Å². The Labute approximate surface area is 421 Å². The van der Waals surface area contributed by atoms with Crippen molar-refractivity contribution in [3.8, 4) is 16.9 Å². The smallest absolute Gasteiger partial charge is 0.276 e. The number of hydrogen-bond acceptors (Lipinski definition) is 14. The summed E-state index contributed by atoms with van der Waals surface area (Å²) in [5, 5.41) is 16.3. The van der Waals surface area contributed by atoms with Gasteiger partial charge in [-0.3, -0.25) is 53.7 Å². The molecule has 10 heterocycles. The number of nitrogens with zero attached hydrogens (tertiary/aromatic N) is 9. The fourth-order valence-corrected chi connectivity index (χ4v) is 12.7. The van der Waals surface area contributed by atoms with Gasteiger partial charge in [0, 0.05) is 112 Å². The van der Waals surface area contributed by atoms with Crippen LogP contribution in [0, 0.1) is 5.41 Å². The van der Waals surface area contributed by atoms with E-state index in [0.29, 0.717) is 77.7 Å². The van der Waals surface area contributed by atoms with Crippen molar-refractivity contribution in [1.82, 2.24) is 39.1 Å². The van der Waals surface area contributed by atoms with Crippen LogP contribution in [0.3, 0.4) is 0 Å². The fraction of sp³-hybridized carbons (Fsp3) is 0.444. The van der Waals surface area contributed by atoms with Crippen molar-refractivity contribution in [3.05, 3.63) is 111 Å². The monoisotopic (exact) mass is 989 g/mol. The van der Waals surface area contributed by atoms with Gasteiger partial charge in [0.2, 0.25) is 11.8 Å². The standard InChI is InChI=1S/C54H59N11O8/c1-30-25-61(34-10-12-60-27-33-17-38-39(21-45(33)73-29-36(60)20-34)51(70)65(50(38)69)42-6-8-47(67)58-49(42)68)13-14-62(30)35-5-7-46(56-24-35)57-41-18-32(26-59(4)52(41)71)37-9-11-55-48(40(37)28-66)64-16-15-63-43(53(64)72)19-31-22-54(2,3)23-44(31)63/h5,7,9,11,17-19,21,24,26,30,34,36,42,66H,6,8,10,12-16,20,22-23,25,27-29H2,1-4H3,(H,56,57)(H,58,67,68)/t30-,34+,36-,42?/m0/s1. The molecule has 3 N–H and O–H groups in total. The first-order chi connectivity index (χ1) is 35.1. The number of aliphatic hydroxyl groups is 1. The van der Waals surface area contributed by atoms with Crippen LogP contribution < -0.4 is 30.7 Å². The van der Waals surface area contributed by atoms with E-state index in [1.54, 1.807) is 48.6 Å². The fourth-order valence-electron chi connectivity index (χ4n) is 12.7. The third kappa shape index (κ3) is 8.08. The second-order valence-corrected chi connectivity index (χ2v) is 21.6. The first-order valence-corrected chi connectivity index (χ1v) is 25.4. The maximum atomic E-state index is 14.0. The number of nitrogens with one attached hydrogen (secondary N) is 2. The van der Waals surface area contributed by atoms with E-state index < -0.39 is 29.7 Å². The van der Waals surface area contributed by atoms with Crippen molar-refractivity contribution in [2.45, 2.75) is 103 Å². The summed E-state index contributed by atoms with van der Waals surface area (Å²) in [5.41, 5.74) is 7.53. The number of aliphatic hydroxyl groups excluding tert-OH is 1. The summed E-state index contributed by atoms with van der Waals surface area (Å²) in [6.07, 6.45) is 9.15. The molecule has 0 bridgehead atoms. The Morgan fingerprint density at radius 3 is 2.44 bits per heavy atom. The minimum atomic E-state index is -1.02. The van der Waals surface area contributed by atoms with E-state index in [1.165, 1.54) is 15.8 Å². The minimum absolute atomic E-state index is 0.0653. The third-order valence-corrected chi connectivity index (χ3v) is 16.3. The molecule has 7 aliphatic rings. The Bertz CT molecular complexity index is 3220. The van der Waals surface area contributed by atoms with Crippen molar-refractivity contribution >= 4 is 52.5 Å². The minimum Gasteiger partial charge on any atom is -0.492 e. The predicted molar refractivity (Wildman–Crippen MR) is 270 cm³/mol. The SMILES string of the molecule is C[C@H]1CN([C@@H]2CCN3Cc4cc5c(cc4OC[C@@H]3C2)C(=O)N(C2CCC(=O)NC2=O)C5=O)CCN1c1ccc(Nc2cc(-c3ccnc(N4CCn5c(cc6c5CC(C)(C)C6)C4=O)c3CO)cn(C)c2=O)nc1. The Morgan fingerprint density at radius 1 is 0.849 bits per heavy atom. The molecule has 5 amide bonds. The van der Waals surface area contributed by atoms with E-state index in [9.17, 15) is 33.9 Å². The number of anilines is 4. The highest BCUT2D eigenvalue weighted by Crippen LogP contribution is 2.41. The number of benzene rings is 1. The van der Waals surface area contributed by atoms with E-state index >= 15 is 0 Å². The zero-order valence-corrected chi connectivity index (χ0v) is 41.5. The normalized spacial score (nSPS) is 23.8. The van der Waals surface area contributed by atoms with Crippen molar-refractivity contribution < 1.29 is 33.8 Å². The maximum absolute atomic E-state index is 14.0. The van der Waals surface area contributed by atoms with E-state index in [1.807, 2.05) is 24.4 Å². The van der Waals surface area contributed by atoms with E-state index in [2.05, 4.69) is 55.7 Å². The molecule has 3 saturated heterocycles. The number of piperazine rings is 1. The average molecular weight is 990 g/mol. The van der Waals surface area contributed by atoms with Gasteiger partial charge in [-0.05, 0) is 98.0 Å². The molecule has 73 heavy (non-hydrogen) atoms. The van der Waals surface area contributed by atoms with Crippen LogP contribution in [0.4, 0.5) is 23.0 Å². The van der Waals surface area contributed by atoms with Crippen molar-refractivity contribution in [2.75, 3.05) is 54.4 Å². The summed E-state index contributed by atoms with van der Waals surface area (Å²) in [4.78, 5) is 98.4. The van der Waals surface area contributed by atoms with Crippen molar-refractivity contribution in [1.29, 1.82) is 0 Å². The Kier molecular flexibility index (Phi) is 11.4. The molecular weight excluding hydrogens is 931 g/mol. The predicted octanol–water partition coefficient (Wildman–Crippen LogP) is 4.00. The van der Waals surface area contributed by atoms with Crippen molar-refractivity contribution in [2.24, 2.45) is 12.5 Å². The molecule has 12 rings (SSSR count). The first-order valence-electron chi connectivity index (χ1n) is 25.4. The molecule has 19 nitrogen and oxygen atoms in total. The molecule has 3 fully saturated rings. The lowest BCUT2D eigenvalue weighted by Gasteiger charge is -2.48. The molecule has 378 valence electrons. The number of imide groups is 2. The highest BCUT2D eigenvalue weighted by Gasteiger charge is 2.46. The highest BCUT2D eigenvalue weighted by atomic mass is 16.5. The van der Waals surface area contributed by atoms with Gasteiger partial charge in [-0.25, -0.2) is 9.97 Å². The van der Waals surface area contributed by atoms with Crippen LogP contribution in [0.25, 0.3) is 11.1 Å². The zero-order valence-electron chi connectivity index (χ0n) is 41.5. The molecule has 0 radical (unpaired) electrons. The van der Waals surface area contributed by atoms with Gasteiger partial charge in [-0.15, -0.1) is 0 Å². The number of ether oxygens (including phenoxy) is 1. The largest absolute Gasteiger partial charge is 0.492 e. The van der Waals surface area contributed by atoms with Gasteiger partial charge in [0.15, 0.2) is 0 Å². The van der Waals surface area contributed by atoms with Gasteiger partial charge in [0.1, 0.15) is 41.4 Å². The lowest BCUT2D eigenvalue weighted by molar-refractivity contribution is -0.136. The number of fused-ring (bicyclic) bond motifs is 6. The number of rotatable bonds is 8. The Morgan fingerprint density at radius 2 is 1.67 bits per heavy atom. The van der Waals surface area contributed by atoms with Gasteiger partial charge in [0.25, 0.3) is 23.3 Å². The number of amides is 5. The van der Waals surface area contributed by atoms with Crippen LogP contribution in [0.1, 0.15) is 100 Å². The van der Waals surface area contributed by atoms with Gasteiger partial charge >= 0.3 is 0 Å². The van der Waals surface area contributed by atoms with E-state index in [4.69, 9.17) is 9.72 Å². The van der Waals surface area contributed by atoms with Crippen LogP contribution in [0.2, 0.25) is 0 Å². The summed E-state index contributed by atoms with van der Waals surface area (Å²) >= 11 is 0. The summed E-state index contributed by atoms with van der Waals surface area (Å²) < 4.78 is 10.0. The molecule has 4 aromatic heterocycles. The summed E-state index contributed by atoms with van der Waals surface area (Å²) in [6, 6.07) is 12.6. The topological polar surface area (TPSA) is 208 Å². The van der Waals surface area contributed by atoms with Gasteiger partial charge in [-0.1, -0.05) is 13.8 Å². The Hall–Kier alpha value is -7.22. The lowest BCUT2D eigenvalue weighted by atomic mass is 9.90. The average Bonchev–Trinajstić information content (AvgIpc) is 3.89. The van der Waals surface area contributed by atoms with Crippen molar-refractivity contribution in [3.63, 3.8) is 0 Å². The molecule has 1 aromatic carbocycles. The number of carbonyl (C=O) groups is 5. The molecule has 19 heteroatoms. The quantitative estimate of drug-likeness (QED) is 0.188. The van der Waals surface area contributed by atoms with E-state index in [0.717, 1.165) is 68.0 Å². The van der Waals surface area contributed by atoms with E-state index in [-0.39, 0.29) is 59.5 Å². The molecular formula is C54H59N11O8. The van der Waals surface area contributed by atoms with Crippen LogP contribution >= 0.6 is 0 Å². The van der Waals surface area contributed by atoms with Gasteiger partial charge < -0.3 is 29.2 Å². The molecule has 5 aromatic rings. The Balaban J connectivity index is 0.682. The molecule has 6 aliphatic heterocycles. The third-order valence-electron chi connectivity index (χ3n) is 16.3. The van der Waals surface area contributed by atoms with Gasteiger partial charge in [-0.2, -0.15) is 0 Å². The number of piperidine rings is 2. The number of aromatic nitrogens is 4. The molecule has 0 saturated carbocycles. The van der Waals surface area contributed by atoms with Crippen LogP contribution in [-0.4, -0.2) is 132 Å². The first kappa shape index (κ1) is 46.8. The van der Waals surface area contributed by atoms with Gasteiger partial charge in [0.05, 0.1) is 29.6 Å². The summed E-state index contributed by atoms with van der Waals surface area (Å²) in [6.45, 7) is 11.9. The lowest BCUT2D eigenvalue weighted by Crippen LogP contribution is -2.58. The number of hydrogen-bond donors (Lipinski definition) is 3. The molecule has 0 spiro atoms. The zero-order chi connectivity index (χ0) is 50.6. The highest BCUT2D eigenvalue weighted by molar-refractivity contribution is 6.23. The molecule has 1 aliphatic carbocycles. The number of aryl methyl sites for hydroxylation is 1. The summed E-state index contributed by atoms with van der Waals surface area (Å²) in [5.74, 6) is -0.740. The number of pyridine rings is 3. The summed E-state index contributed by atoms with van der Waals surface area (Å²) in [7, 11) is 1.69. The second kappa shape index (κ2) is 17.8. The maximum Gasteiger partial charge on any atom is 0.276 e. The molecule has 4 atom stereocenters. The number of carbonyl (C=O) groups excluding carboxylic acids is 5. The van der Waals surface area contributed by atoms with Crippen LogP contribution in [-0.2, 0) is 49.2 Å². The second-order valence-electron chi connectivity index (χ2n) is 21.6. The molecule has 1 unspecified atom stereocenters.